The number of pyridine rings is 2. The van der Waals surface area contributed by atoms with E-state index in [1.165, 1.54) is 12.8 Å². The van der Waals surface area contributed by atoms with Gasteiger partial charge in [-0.25, -0.2) is 15.0 Å². The predicted molar refractivity (Wildman–Crippen MR) is 132 cm³/mol. The maximum Gasteiger partial charge on any atom is 0.263 e. The normalized spacial score (nSPS) is 14.9. The molecule has 35 heavy (non-hydrogen) atoms. The van der Waals surface area contributed by atoms with Crippen LogP contribution in [0.15, 0.2) is 54.0 Å². The van der Waals surface area contributed by atoms with E-state index in [9.17, 15) is 9.59 Å². The summed E-state index contributed by atoms with van der Waals surface area (Å²) in [6.45, 7) is 4.76. The molecule has 0 bridgehead atoms. The minimum Gasteiger partial charge on any atom is -0.327 e. The van der Waals surface area contributed by atoms with Crippen LogP contribution in [0.1, 0.15) is 66.8 Å². The third-order valence-electron chi connectivity index (χ3n) is 6.74. The second-order valence-electron chi connectivity index (χ2n) is 9.54. The van der Waals surface area contributed by atoms with E-state index in [4.69, 9.17) is 0 Å². The van der Waals surface area contributed by atoms with Crippen LogP contribution in [-0.2, 0) is 13.0 Å². The van der Waals surface area contributed by atoms with Gasteiger partial charge in [0.15, 0.2) is 5.82 Å². The van der Waals surface area contributed by atoms with E-state index < -0.39 is 5.91 Å². The Labute approximate surface area is 202 Å². The summed E-state index contributed by atoms with van der Waals surface area (Å²) in [5, 5.41) is 2.83. The molecule has 1 amide bonds. The first-order chi connectivity index (χ1) is 17.0. The molecule has 2 aliphatic rings. The molecule has 1 saturated carbocycles. The molecule has 0 radical (unpaired) electrons. The lowest BCUT2D eigenvalue weighted by molar-refractivity contribution is 0.102. The van der Waals surface area contributed by atoms with E-state index in [2.05, 4.69) is 34.1 Å². The van der Waals surface area contributed by atoms with Crippen molar-refractivity contribution in [3.8, 4) is 17.2 Å². The van der Waals surface area contributed by atoms with E-state index in [1.54, 1.807) is 29.2 Å². The van der Waals surface area contributed by atoms with Crippen molar-refractivity contribution in [1.29, 1.82) is 0 Å². The molecule has 9 nitrogen and oxygen atoms in total. The van der Waals surface area contributed by atoms with Crippen molar-refractivity contribution >= 4 is 11.7 Å². The van der Waals surface area contributed by atoms with Gasteiger partial charge < -0.3 is 19.0 Å². The fourth-order valence-electron chi connectivity index (χ4n) is 4.78. The van der Waals surface area contributed by atoms with Gasteiger partial charge in [0.05, 0.1) is 17.7 Å². The van der Waals surface area contributed by atoms with Gasteiger partial charge in [0.1, 0.15) is 17.1 Å². The van der Waals surface area contributed by atoms with Crippen molar-refractivity contribution in [1.82, 2.24) is 28.7 Å². The van der Waals surface area contributed by atoms with Crippen molar-refractivity contribution in [3.05, 3.63) is 76.5 Å². The molecule has 4 aromatic rings. The Kier molecular flexibility index (Phi) is 5.12. The molecule has 1 N–H and O–H groups in total. The highest BCUT2D eigenvalue weighted by Gasteiger charge is 2.28. The van der Waals surface area contributed by atoms with Gasteiger partial charge >= 0.3 is 0 Å². The highest BCUT2D eigenvalue weighted by Crippen LogP contribution is 2.39. The molecular formula is C26H27N7O2. The second kappa shape index (κ2) is 8.33. The van der Waals surface area contributed by atoms with Crippen molar-refractivity contribution < 1.29 is 4.79 Å². The summed E-state index contributed by atoms with van der Waals surface area (Å²) in [5.41, 5.74) is 3.34. The summed E-state index contributed by atoms with van der Waals surface area (Å²) in [5.74, 6) is 1.15. The van der Waals surface area contributed by atoms with E-state index >= 15 is 0 Å². The number of hydrogen-bond acceptors (Lipinski definition) is 5. The highest BCUT2D eigenvalue weighted by atomic mass is 16.2. The molecule has 178 valence electrons. The minimum atomic E-state index is -0.474. The lowest BCUT2D eigenvalue weighted by atomic mass is 10.1. The van der Waals surface area contributed by atoms with Crippen LogP contribution in [0.25, 0.3) is 17.2 Å². The summed E-state index contributed by atoms with van der Waals surface area (Å²) < 4.78 is 5.70. The quantitative estimate of drug-likeness (QED) is 0.461. The fraction of sp³-hybridized carbons (Fsp3) is 0.346. The Bertz CT molecular complexity index is 1490. The van der Waals surface area contributed by atoms with Crippen LogP contribution in [0.3, 0.4) is 0 Å². The topological polar surface area (TPSA) is 99.6 Å². The van der Waals surface area contributed by atoms with Crippen LogP contribution in [0.2, 0.25) is 0 Å². The fourth-order valence-corrected chi connectivity index (χ4v) is 4.78. The monoisotopic (exact) mass is 469 g/mol. The summed E-state index contributed by atoms with van der Waals surface area (Å²) in [6.07, 6.45) is 11.5. The molecule has 6 rings (SSSR count). The average Bonchev–Trinajstić information content (AvgIpc) is 3.25. The van der Waals surface area contributed by atoms with E-state index in [-0.39, 0.29) is 17.2 Å². The molecule has 0 aromatic carbocycles. The number of nitrogens with one attached hydrogen (secondary N) is 1. The molecule has 0 atom stereocenters. The molecule has 0 spiro atoms. The first kappa shape index (κ1) is 21.5. The van der Waals surface area contributed by atoms with Gasteiger partial charge in [-0.1, -0.05) is 6.07 Å². The maximum absolute atomic E-state index is 13.3. The third-order valence-corrected chi connectivity index (χ3v) is 6.74. The summed E-state index contributed by atoms with van der Waals surface area (Å²) in [6, 6.07) is 7.32. The number of imidazole rings is 2. The summed E-state index contributed by atoms with van der Waals surface area (Å²) in [7, 11) is 0. The zero-order valence-electron chi connectivity index (χ0n) is 19.8. The van der Waals surface area contributed by atoms with Crippen LogP contribution < -0.4 is 10.9 Å². The van der Waals surface area contributed by atoms with Crippen LogP contribution in [0, 0.1) is 0 Å². The Morgan fingerprint density at radius 2 is 2.06 bits per heavy atom. The zero-order chi connectivity index (χ0) is 24.1. The summed E-state index contributed by atoms with van der Waals surface area (Å²) in [4.78, 5) is 40.1. The largest absolute Gasteiger partial charge is 0.327 e. The molecule has 1 aliphatic carbocycles. The first-order valence-electron chi connectivity index (χ1n) is 12.1. The van der Waals surface area contributed by atoms with Gasteiger partial charge in [-0.05, 0) is 57.7 Å². The smallest absolute Gasteiger partial charge is 0.263 e. The molecule has 0 saturated heterocycles. The Morgan fingerprint density at radius 1 is 1.20 bits per heavy atom. The van der Waals surface area contributed by atoms with Gasteiger partial charge in [-0.3, -0.25) is 9.59 Å². The molecule has 9 heteroatoms. The molecule has 1 fully saturated rings. The number of rotatable bonds is 6. The molecule has 5 heterocycles. The Hall–Kier alpha value is -4.01. The van der Waals surface area contributed by atoms with E-state index in [1.807, 2.05) is 33.7 Å². The number of carbonyl (C=O) groups is 1. The number of anilines is 1. The first-order valence-corrected chi connectivity index (χ1v) is 12.1. The van der Waals surface area contributed by atoms with Gasteiger partial charge in [-0.15, -0.1) is 0 Å². The molecule has 0 unspecified atom stereocenters. The maximum atomic E-state index is 13.3. The Morgan fingerprint density at radius 3 is 2.86 bits per heavy atom. The second-order valence-corrected chi connectivity index (χ2v) is 9.54. The lowest BCUT2D eigenvalue weighted by Gasteiger charge is -2.14. The number of amides is 1. The van der Waals surface area contributed by atoms with Crippen molar-refractivity contribution in [2.24, 2.45) is 0 Å². The van der Waals surface area contributed by atoms with Crippen molar-refractivity contribution in [2.45, 2.75) is 58.0 Å². The number of fused-ring (bicyclic) bond motifs is 1. The van der Waals surface area contributed by atoms with Crippen molar-refractivity contribution in [2.75, 3.05) is 5.32 Å². The molecule has 1 aliphatic heterocycles. The van der Waals surface area contributed by atoms with E-state index in [0.29, 0.717) is 24.0 Å². The van der Waals surface area contributed by atoms with Crippen LogP contribution in [0.5, 0.6) is 0 Å². The van der Waals surface area contributed by atoms with E-state index in [0.717, 1.165) is 35.7 Å². The van der Waals surface area contributed by atoms with Gasteiger partial charge in [0, 0.05) is 42.8 Å². The predicted octanol–water partition coefficient (Wildman–Crippen LogP) is 3.95. The number of hydrogen-bond donors (Lipinski definition) is 1. The third kappa shape index (κ3) is 3.86. The SMILES string of the molecule is CC(C)n1ccnc1-c1cccc(NC(=O)c2cc(-n3cnc(C4CC4)c3)c3n(c2=O)CCC3)n1. The number of nitrogens with zero attached hydrogens (tertiary/aromatic N) is 6. The number of carbonyl (C=O) groups excluding carboxylic acids is 1. The number of aromatic nitrogens is 6. The minimum absolute atomic E-state index is 0.100. The molecular weight excluding hydrogens is 442 g/mol. The van der Waals surface area contributed by atoms with Crippen LogP contribution in [-0.4, -0.2) is 34.6 Å². The van der Waals surface area contributed by atoms with Gasteiger partial charge in [-0.2, -0.15) is 0 Å². The van der Waals surface area contributed by atoms with Crippen molar-refractivity contribution in [3.63, 3.8) is 0 Å². The van der Waals surface area contributed by atoms with Gasteiger partial charge in [0.2, 0.25) is 0 Å². The zero-order valence-corrected chi connectivity index (χ0v) is 19.8. The molecule has 4 aromatic heterocycles. The highest BCUT2D eigenvalue weighted by molar-refractivity contribution is 6.04. The average molecular weight is 470 g/mol. The van der Waals surface area contributed by atoms with Crippen LogP contribution in [0.4, 0.5) is 5.82 Å². The van der Waals surface area contributed by atoms with Gasteiger partial charge in [0.25, 0.3) is 11.5 Å². The standard InChI is InChI=1S/C26H27N7O2/c1-16(2)32-12-10-27-24(32)19-5-3-7-23(29-19)30-25(34)18-13-22(21-6-4-11-33(21)26(18)35)31-14-20(28-15-31)17-8-9-17/h3,5,7,10,12-17H,4,6,8-9,11H2,1-2H3,(H,29,30,34). The van der Waals surface area contributed by atoms with Crippen LogP contribution >= 0.6 is 0 Å². The lowest BCUT2D eigenvalue weighted by Crippen LogP contribution is -2.30. The Balaban J connectivity index is 1.34. The summed E-state index contributed by atoms with van der Waals surface area (Å²) >= 11 is 0.